The Morgan fingerprint density at radius 3 is 2.44 bits per heavy atom. The highest BCUT2D eigenvalue weighted by atomic mass is 35.5. The van der Waals surface area contributed by atoms with Crippen LogP contribution in [0.5, 0.6) is 17.2 Å². The van der Waals surface area contributed by atoms with Gasteiger partial charge in [0.2, 0.25) is 5.91 Å². The van der Waals surface area contributed by atoms with Gasteiger partial charge in [0.15, 0.2) is 0 Å². The molecule has 2 N–H and O–H groups in total. The average molecular weight is 391 g/mol. The minimum absolute atomic E-state index is 0.0415. The highest BCUT2D eigenvalue weighted by Gasteiger charge is 2.23. The Labute approximate surface area is 163 Å². The molecule has 0 radical (unpaired) electrons. The standard InChI is InChI=1S/C20H23ClN2O4/c1-25-16-7-13(8-17(9-16)26-2)12-27-15-4-3-14(18(21)10-15)11-23-19-5-6-22-20(19)24/h3-4,7-10,19,23H,5-6,11-12H2,1-2H3,(H,22,24). The Hall–Kier alpha value is -2.44. The van der Waals surface area contributed by atoms with E-state index in [1.807, 2.05) is 30.3 Å². The summed E-state index contributed by atoms with van der Waals surface area (Å²) in [5, 5.41) is 6.63. The van der Waals surface area contributed by atoms with Gasteiger partial charge in [0.25, 0.3) is 0 Å². The van der Waals surface area contributed by atoms with Crippen LogP contribution >= 0.6 is 11.6 Å². The highest BCUT2D eigenvalue weighted by molar-refractivity contribution is 6.31. The van der Waals surface area contributed by atoms with Crippen molar-refractivity contribution in [2.45, 2.75) is 25.6 Å². The molecule has 0 bridgehead atoms. The minimum atomic E-state index is -0.153. The number of halogens is 1. The van der Waals surface area contributed by atoms with Crippen LogP contribution in [0, 0.1) is 0 Å². The van der Waals surface area contributed by atoms with Crippen LogP contribution < -0.4 is 24.8 Å². The van der Waals surface area contributed by atoms with Gasteiger partial charge >= 0.3 is 0 Å². The van der Waals surface area contributed by atoms with Gasteiger partial charge < -0.3 is 24.8 Å². The van der Waals surface area contributed by atoms with E-state index in [1.165, 1.54) is 0 Å². The maximum atomic E-state index is 11.6. The van der Waals surface area contributed by atoms with E-state index in [-0.39, 0.29) is 11.9 Å². The number of methoxy groups -OCH3 is 2. The molecule has 1 unspecified atom stereocenters. The van der Waals surface area contributed by atoms with Crippen LogP contribution in [0.1, 0.15) is 17.5 Å². The molecule has 144 valence electrons. The fraction of sp³-hybridized carbons (Fsp3) is 0.350. The molecule has 2 aromatic rings. The fourth-order valence-corrected chi connectivity index (χ4v) is 3.14. The van der Waals surface area contributed by atoms with E-state index in [9.17, 15) is 4.79 Å². The molecule has 1 aliphatic heterocycles. The molecule has 0 saturated carbocycles. The van der Waals surface area contributed by atoms with E-state index in [2.05, 4.69) is 10.6 Å². The first-order chi connectivity index (χ1) is 13.1. The zero-order valence-corrected chi connectivity index (χ0v) is 16.1. The van der Waals surface area contributed by atoms with Crippen molar-refractivity contribution in [3.8, 4) is 17.2 Å². The molecule has 27 heavy (non-hydrogen) atoms. The van der Waals surface area contributed by atoms with Gasteiger partial charge in [0.05, 0.1) is 20.3 Å². The van der Waals surface area contributed by atoms with Crippen molar-refractivity contribution in [1.82, 2.24) is 10.6 Å². The van der Waals surface area contributed by atoms with Crippen LogP contribution in [0.4, 0.5) is 0 Å². The van der Waals surface area contributed by atoms with E-state index < -0.39 is 0 Å². The van der Waals surface area contributed by atoms with Crippen molar-refractivity contribution in [1.29, 1.82) is 0 Å². The summed E-state index contributed by atoms with van der Waals surface area (Å²) in [7, 11) is 3.22. The van der Waals surface area contributed by atoms with Crippen LogP contribution in [0.3, 0.4) is 0 Å². The number of carbonyl (C=O) groups excluding carboxylic acids is 1. The molecule has 6 nitrogen and oxygen atoms in total. The summed E-state index contributed by atoms with van der Waals surface area (Å²) in [6, 6.07) is 11.0. The lowest BCUT2D eigenvalue weighted by Gasteiger charge is -2.13. The van der Waals surface area contributed by atoms with Crippen molar-refractivity contribution in [3.05, 3.63) is 52.5 Å². The first-order valence-corrected chi connectivity index (χ1v) is 9.11. The van der Waals surface area contributed by atoms with Gasteiger partial charge in [-0.25, -0.2) is 0 Å². The van der Waals surface area contributed by atoms with E-state index in [0.29, 0.717) is 42.0 Å². The number of benzene rings is 2. The lowest BCUT2D eigenvalue weighted by molar-refractivity contribution is -0.120. The Bertz CT molecular complexity index is 790. The second kappa shape index (κ2) is 8.97. The Kier molecular flexibility index (Phi) is 6.42. The number of nitrogens with one attached hydrogen (secondary N) is 2. The largest absolute Gasteiger partial charge is 0.497 e. The summed E-state index contributed by atoms with van der Waals surface area (Å²) in [6.07, 6.45) is 0.793. The summed E-state index contributed by atoms with van der Waals surface area (Å²) in [5.41, 5.74) is 1.85. The van der Waals surface area contributed by atoms with Gasteiger partial charge in [-0.05, 0) is 41.8 Å². The maximum Gasteiger partial charge on any atom is 0.237 e. The third-order valence-corrected chi connectivity index (χ3v) is 4.78. The molecule has 1 saturated heterocycles. The van der Waals surface area contributed by atoms with Crippen LogP contribution in [0.2, 0.25) is 5.02 Å². The molecule has 1 amide bonds. The Morgan fingerprint density at radius 2 is 1.85 bits per heavy atom. The van der Waals surface area contributed by atoms with Gasteiger partial charge in [0.1, 0.15) is 23.9 Å². The molecular weight excluding hydrogens is 368 g/mol. The zero-order valence-electron chi connectivity index (χ0n) is 15.4. The molecule has 0 aliphatic carbocycles. The van der Waals surface area contributed by atoms with Crippen molar-refractivity contribution in [2.24, 2.45) is 0 Å². The molecule has 1 aliphatic rings. The predicted octanol–water partition coefficient (Wildman–Crippen LogP) is 2.91. The Balaban J connectivity index is 1.60. The molecule has 1 fully saturated rings. The molecule has 7 heteroatoms. The van der Waals surface area contributed by atoms with Gasteiger partial charge in [0, 0.05) is 24.2 Å². The van der Waals surface area contributed by atoms with Gasteiger partial charge in [-0.3, -0.25) is 4.79 Å². The topological polar surface area (TPSA) is 68.8 Å². The van der Waals surface area contributed by atoms with Crippen LogP contribution in [-0.2, 0) is 17.9 Å². The van der Waals surface area contributed by atoms with Crippen molar-refractivity contribution < 1.29 is 19.0 Å². The first kappa shape index (κ1) is 19.3. The number of carbonyl (C=O) groups is 1. The van der Waals surface area contributed by atoms with Gasteiger partial charge in [-0.2, -0.15) is 0 Å². The zero-order chi connectivity index (χ0) is 19.2. The second-order valence-corrected chi connectivity index (χ2v) is 6.68. The molecule has 1 heterocycles. The van der Waals surface area contributed by atoms with Crippen LogP contribution in [0.25, 0.3) is 0 Å². The molecule has 3 rings (SSSR count). The molecular formula is C20H23ClN2O4. The Morgan fingerprint density at radius 1 is 1.11 bits per heavy atom. The summed E-state index contributed by atoms with van der Waals surface area (Å²) in [5.74, 6) is 2.13. The number of ether oxygens (including phenoxy) is 3. The van der Waals surface area contributed by atoms with Gasteiger partial charge in [-0.15, -0.1) is 0 Å². The smallest absolute Gasteiger partial charge is 0.237 e. The normalized spacial score (nSPS) is 16.1. The number of hydrogen-bond acceptors (Lipinski definition) is 5. The van der Waals surface area contributed by atoms with Crippen LogP contribution in [0.15, 0.2) is 36.4 Å². The maximum absolute atomic E-state index is 11.6. The minimum Gasteiger partial charge on any atom is -0.497 e. The van der Waals surface area contributed by atoms with E-state index in [4.69, 9.17) is 25.8 Å². The fourth-order valence-electron chi connectivity index (χ4n) is 2.90. The third kappa shape index (κ3) is 5.05. The van der Waals surface area contributed by atoms with Gasteiger partial charge in [-0.1, -0.05) is 17.7 Å². The molecule has 1 atom stereocenters. The quantitative estimate of drug-likeness (QED) is 0.725. The highest BCUT2D eigenvalue weighted by Crippen LogP contribution is 2.26. The summed E-state index contributed by atoms with van der Waals surface area (Å²) in [4.78, 5) is 11.6. The molecule has 0 spiro atoms. The third-order valence-electron chi connectivity index (χ3n) is 4.43. The summed E-state index contributed by atoms with van der Waals surface area (Å²) < 4.78 is 16.4. The predicted molar refractivity (Wildman–Crippen MR) is 104 cm³/mol. The number of amides is 1. The monoisotopic (exact) mass is 390 g/mol. The summed E-state index contributed by atoms with van der Waals surface area (Å²) >= 11 is 6.37. The molecule has 2 aromatic carbocycles. The van der Waals surface area contributed by atoms with E-state index in [1.54, 1.807) is 20.3 Å². The lowest BCUT2D eigenvalue weighted by atomic mass is 10.2. The summed E-state index contributed by atoms with van der Waals surface area (Å²) in [6.45, 7) is 1.61. The van der Waals surface area contributed by atoms with E-state index >= 15 is 0 Å². The SMILES string of the molecule is COc1cc(COc2ccc(CNC3CCNC3=O)c(Cl)c2)cc(OC)c1. The van der Waals surface area contributed by atoms with Crippen molar-refractivity contribution >= 4 is 17.5 Å². The molecule has 0 aromatic heterocycles. The van der Waals surface area contributed by atoms with Crippen molar-refractivity contribution in [2.75, 3.05) is 20.8 Å². The number of rotatable bonds is 8. The average Bonchev–Trinajstić information content (AvgIpc) is 3.10. The van der Waals surface area contributed by atoms with Crippen LogP contribution in [-0.4, -0.2) is 32.7 Å². The van der Waals surface area contributed by atoms with E-state index in [0.717, 1.165) is 17.5 Å². The first-order valence-electron chi connectivity index (χ1n) is 8.73. The second-order valence-electron chi connectivity index (χ2n) is 6.28. The lowest BCUT2D eigenvalue weighted by Crippen LogP contribution is -2.35. The number of hydrogen-bond donors (Lipinski definition) is 2. The van der Waals surface area contributed by atoms with Crippen molar-refractivity contribution in [3.63, 3.8) is 0 Å².